The summed E-state index contributed by atoms with van der Waals surface area (Å²) in [6.07, 6.45) is 0.613. The van der Waals surface area contributed by atoms with E-state index in [1.54, 1.807) is 0 Å². The third-order valence-corrected chi connectivity index (χ3v) is 4.07. The fourth-order valence-corrected chi connectivity index (χ4v) is 3.13. The molecule has 0 aliphatic heterocycles. The molecule has 2 rings (SSSR count). The van der Waals surface area contributed by atoms with E-state index in [1.807, 2.05) is 62.4 Å². The van der Waals surface area contributed by atoms with Gasteiger partial charge in [-0.25, -0.2) is 0 Å². The molecule has 0 fully saturated rings. The van der Waals surface area contributed by atoms with Crippen LogP contribution < -0.4 is 9.47 Å². The van der Waals surface area contributed by atoms with Crippen LogP contribution in [0.15, 0.2) is 48.5 Å². The molecule has 0 heterocycles. The van der Waals surface area contributed by atoms with E-state index in [2.05, 4.69) is 20.8 Å². The molecule has 2 aromatic carbocycles. The highest BCUT2D eigenvalue weighted by atomic mass is 16.5. The van der Waals surface area contributed by atoms with Gasteiger partial charge in [-0.05, 0) is 61.1 Å². The smallest absolute Gasteiger partial charge is 0.119 e. The van der Waals surface area contributed by atoms with Gasteiger partial charge in [0.15, 0.2) is 0 Å². The maximum absolute atomic E-state index is 11.6. The second kappa shape index (κ2) is 7.92. The largest absolute Gasteiger partial charge is 0.494 e. The third-order valence-electron chi connectivity index (χ3n) is 4.07. The van der Waals surface area contributed by atoms with Gasteiger partial charge in [-0.3, -0.25) is 0 Å². The molecule has 25 heavy (non-hydrogen) atoms. The molecule has 0 unspecified atom stereocenters. The Hall–Kier alpha value is -2.00. The average molecular weight is 342 g/mol. The van der Waals surface area contributed by atoms with Crippen LogP contribution in [0.3, 0.4) is 0 Å². The van der Waals surface area contributed by atoms with Crippen molar-refractivity contribution < 1.29 is 14.6 Å². The highest BCUT2D eigenvalue weighted by Gasteiger charge is 2.36. The molecule has 1 N–H and O–H groups in total. The van der Waals surface area contributed by atoms with E-state index in [0.717, 1.165) is 22.6 Å². The fraction of sp³-hybridized carbons (Fsp3) is 0.455. The predicted octanol–water partition coefficient (Wildman–Crippen LogP) is 5.16. The zero-order valence-electron chi connectivity index (χ0n) is 16.0. The van der Waals surface area contributed by atoms with E-state index in [9.17, 15) is 5.11 Å². The number of benzene rings is 2. The number of aliphatic hydroxyl groups is 1. The topological polar surface area (TPSA) is 38.7 Å². The highest BCUT2D eigenvalue weighted by molar-refractivity contribution is 5.41. The van der Waals surface area contributed by atoms with Gasteiger partial charge < -0.3 is 14.6 Å². The Morgan fingerprint density at radius 1 is 0.720 bits per heavy atom. The Kier molecular flexibility index (Phi) is 6.12. The van der Waals surface area contributed by atoms with Crippen molar-refractivity contribution in [2.45, 2.75) is 46.6 Å². The van der Waals surface area contributed by atoms with Crippen molar-refractivity contribution in [3.05, 3.63) is 59.7 Å². The Morgan fingerprint density at radius 3 is 1.36 bits per heavy atom. The van der Waals surface area contributed by atoms with Crippen LogP contribution in [0.4, 0.5) is 0 Å². The molecule has 0 radical (unpaired) electrons. The molecule has 0 atom stereocenters. The molecule has 0 aliphatic rings. The molecule has 0 bridgehead atoms. The molecule has 0 saturated heterocycles. The van der Waals surface area contributed by atoms with Gasteiger partial charge in [-0.2, -0.15) is 0 Å². The fourth-order valence-electron chi connectivity index (χ4n) is 3.13. The van der Waals surface area contributed by atoms with Crippen LogP contribution in [0.2, 0.25) is 0 Å². The van der Waals surface area contributed by atoms with Gasteiger partial charge in [0.25, 0.3) is 0 Å². The molecule has 136 valence electrons. The average Bonchev–Trinajstić information content (AvgIpc) is 2.55. The number of hydrogen-bond donors (Lipinski definition) is 1. The number of rotatable bonds is 7. The number of hydrogen-bond acceptors (Lipinski definition) is 3. The van der Waals surface area contributed by atoms with Gasteiger partial charge in [-0.15, -0.1) is 0 Å². The molecular formula is C22H30O3. The van der Waals surface area contributed by atoms with Crippen LogP contribution in [0.1, 0.15) is 52.2 Å². The minimum atomic E-state index is -1.06. The maximum atomic E-state index is 11.6. The summed E-state index contributed by atoms with van der Waals surface area (Å²) in [7, 11) is 0. The molecule has 2 aromatic rings. The zero-order valence-corrected chi connectivity index (χ0v) is 16.0. The van der Waals surface area contributed by atoms with Crippen LogP contribution in [0.5, 0.6) is 11.5 Å². The summed E-state index contributed by atoms with van der Waals surface area (Å²) in [5.74, 6) is 1.63. The normalized spacial score (nSPS) is 12.1. The second-order valence-corrected chi connectivity index (χ2v) is 7.51. The van der Waals surface area contributed by atoms with Crippen molar-refractivity contribution in [3.8, 4) is 11.5 Å². The van der Waals surface area contributed by atoms with Crippen molar-refractivity contribution in [2.24, 2.45) is 5.41 Å². The summed E-state index contributed by atoms with van der Waals surface area (Å²) in [5.41, 5.74) is 0.643. The minimum Gasteiger partial charge on any atom is -0.494 e. The van der Waals surface area contributed by atoms with E-state index in [0.29, 0.717) is 19.6 Å². The Balaban J connectivity index is 2.42. The SMILES string of the molecule is CCOc1ccc(C(O)(CC(C)(C)C)c2ccc(OCC)cc2)cc1. The van der Waals surface area contributed by atoms with Crippen LogP contribution in [0.25, 0.3) is 0 Å². The van der Waals surface area contributed by atoms with E-state index in [4.69, 9.17) is 9.47 Å². The van der Waals surface area contributed by atoms with E-state index >= 15 is 0 Å². The van der Waals surface area contributed by atoms with E-state index in [1.165, 1.54) is 0 Å². The molecule has 0 aromatic heterocycles. The van der Waals surface area contributed by atoms with Gasteiger partial charge >= 0.3 is 0 Å². The molecular weight excluding hydrogens is 312 g/mol. The van der Waals surface area contributed by atoms with Gasteiger partial charge in [0.2, 0.25) is 0 Å². The maximum Gasteiger partial charge on any atom is 0.119 e. The van der Waals surface area contributed by atoms with Gasteiger partial charge in [0.05, 0.1) is 13.2 Å². The third kappa shape index (κ3) is 4.99. The summed E-state index contributed by atoms with van der Waals surface area (Å²) >= 11 is 0. The quantitative estimate of drug-likeness (QED) is 0.755. The molecule has 0 aliphatic carbocycles. The van der Waals surface area contributed by atoms with Crippen LogP contribution >= 0.6 is 0 Å². The molecule has 0 spiro atoms. The highest BCUT2D eigenvalue weighted by Crippen LogP contribution is 2.41. The summed E-state index contributed by atoms with van der Waals surface area (Å²) in [6.45, 7) is 11.6. The summed E-state index contributed by atoms with van der Waals surface area (Å²) in [6, 6.07) is 15.5. The van der Waals surface area contributed by atoms with Crippen LogP contribution in [-0.4, -0.2) is 18.3 Å². The van der Waals surface area contributed by atoms with E-state index in [-0.39, 0.29) is 5.41 Å². The summed E-state index contributed by atoms with van der Waals surface area (Å²) in [4.78, 5) is 0. The zero-order chi connectivity index (χ0) is 18.5. The predicted molar refractivity (Wildman–Crippen MR) is 102 cm³/mol. The van der Waals surface area contributed by atoms with E-state index < -0.39 is 5.60 Å². The van der Waals surface area contributed by atoms with Crippen molar-refractivity contribution in [3.63, 3.8) is 0 Å². The Morgan fingerprint density at radius 2 is 1.08 bits per heavy atom. The van der Waals surface area contributed by atoms with Gasteiger partial charge in [0, 0.05) is 0 Å². The molecule has 3 nitrogen and oxygen atoms in total. The first kappa shape index (κ1) is 19.3. The van der Waals surface area contributed by atoms with Crippen LogP contribution in [0, 0.1) is 5.41 Å². The first-order valence-electron chi connectivity index (χ1n) is 8.97. The Labute approximate surface area is 151 Å². The summed E-state index contributed by atoms with van der Waals surface area (Å²) in [5, 5.41) is 11.6. The monoisotopic (exact) mass is 342 g/mol. The number of ether oxygens (including phenoxy) is 2. The van der Waals surface area contributed by atoms with Crippen molar-refractivity contribution in [1.82, 2.24) is 0 Å². The van der Waals surface area contributed by atoms with Crippen molar-refractivity contribution >= 4 is 0 Å². The standard InChI is InChI=1S/C22H30O3/c1-6-24-19-12-8-17(9-13-19)22(23,16-21(3,4)5)18-10-14-20(15-11-18)25-7-2/h8-15,23H,6-7,16H2,1-5H3. The molecule has 3 heteroatoms. The lowest BCUT2D eigenvalue weighted by atomic mass is 9.74. The molecule has 0 saturated carbocycles. The van der Waals surface area contributed by atoms with Gasteiger partial charge in [0.1, 0.15) is 17.1 Å². The van der Waals surface area contributed by atoms with Crippen LogP contribution in [-0.2, 0) is 5.60 Å². The van der Waals surface area contributed by atoms with Crippen molar-refractivity contribution in [1.29, 1.82) is 0 Å². The van der Waals surface area contributed by atoms with Gasteiger partial charge in [-0.1, -0.05) is 45.0 Å². The lowest BCUT2D eigenvalue weighted by molar-refractivity contribution is 0.0361. The lowest BCUT2D eigenvalue weighted by Crippen LogP contribution is -2.32. The lowest BCUT2D eigenvalue weighted by Gasteiger charge is -2.35. The first-order valence-corrected chi connectivity index (χ1v) is 8.97. The minimum absolute atomic E-state index is 0.0358. The van der Waals surface area contributed by atoms with Crippen molar-refractivity contribution in [2.75, 3.05) is 13.2 Å². The second-order valence-electron chi connectivity index (χ2n) is 7.51. The molecule has 0 amide bonds. The Bertz CT molecular complexity index is 602. The first-order chi connectivity index (χ1) is 11.8. The summed E-state index contributed by atoms with van der Waals surface area (Å²) < 4.78 is 11.0.